The second-order valence-electron chi connectivity index (χ2n) is 5.01. The maximum absolute atomic E-state index is 11.9. The van der Waals surface area contributed by atoms with E-state index in [9.17, 15) is 4.79 Å². The first kappa shape index (κ1) is 12.4. The summed E-state index contributed by atoms with van der Waals surface area (Å²) in [5, 5.41) is 11.7. The molecule has 0 spiro atoms. The van der Waals surface area contributed by atoms with E-state index in [2.05, 4.69) is 27.2 Å². The summed E-state index contributed by atoms with van der Waals surface area (Å²) in [4.78, 5) is 11.9. The van der Waals surface area contributed by atoms with Crippen LogP contribution in [-0.4, -0.2) is 16.3 Å². The van der Waals surface area contributed by atoms with E-state index in [0.717, 1.165) is 24.6 Å². The van der Waals surface area contributed by atoms with Crippen LogP contribution in [0.2, 0.25) is 0 Å². The fourth-order valence-corrected chi connectivity index (χ4v) is 2.66. The van der Waals surface area contributed by atoms with Crippen LogP contribution in [-0.2, 0) is 13.0 Å². The predicted molar refractivity (Wildman–Crippen MR) is 77.7 cm³/mol. The third-order valence-electron chi connectivity index (χ3n) is 3.35. The molecule has 3 rings (SSSR count). The monoisotopic (exact) mass is 275 g/mol. The first-order chi connectivity index (χ1) is 9.31. The lowest BCUT2D eigenvalue weighted by Crippen LogP contribution is -2.23. The standard InChI is InChI=1S/C14H17N3OS/c18-14-7-13(15-8-11-1-2-11)9-16-17(14)5-3-12-4-6-19-10-12/h4,6-7,9-11,15H,1-3,5,8H2. The molecule has 1 aliphatic rings. The number of aryl methyl sites for hydroxylation is 2. The summed E-state index contributed by atoms with van der Waals surface area (Å²) >= 11 is 1.68. The van der Waals surface area contributed by atoms with Gasteiger partial charge in [0.15, 0.2) is 0 Å². The fraction of sp³-hybridized carbons (Fsp3) is 0.429. The zero-order chi connectivity index (χ0) is 13.1. The number of hydrogen-bond acceptors (Lipinski definition) is 4. The summed E-state index contributed by atoms with van der Waals surface area (Å²) in [6, 6.07) is 3.73. The molecule has 2 aromatic heterocycles. The van der Waals surface area contributed by atoms with E-state index in [4.69, 9.17) is 0 Å². The molecule has 0 unspecified atom stereocenters. The Kier molecular flexibility index (Phi) is 3.64. The third-order valence-corrected chi connectivity index (χ3v) is 4.09. The molecule has 1 N–H and O–H groups in total. The topological polar surface area (TPSA) is 46.9 Å². The van der Waals surface area contributed by atoms with Gasteiger partial charge in [0, 0.05) is 19.2 Å². The first-order valence-electron chi connectivity index (χ1n) is 6.63. The van der Waals surface area contributed by atoms with E-state index >= 15 is 0 Å². The molecule has 4 nitrogen and oxygen atoms in total. The molecule has 0 radical (unpaired) electrons. The Bertz CT molecular complexity index is 587. The van der Waals surface area contributed by atoms with Gasteiger partial charge in [-0.15, -0.1) is 0 Å². The molecule has 100 valence electrons. The molecular weight excluding hydrogens is 258 g/mol. The largest absolute Gasteiger partial charge is 0.383 e. The first-order valence-corrected chi connectivity index (χ1v) is 7.57. The third kappa shape index (κ3) is 3.44. The van der Waals surface area contributed by atoms with E-state index in [-0.39, 0.29) is 5.56 Å². The number of aromatic nitrogens is 2. The Morgan fingerprint density at radius 2 is 2.37 bits per heavy atom. The van der Waals surface area contributed by atoms with Crippen LogP contribution in [0.15, 0.2) is 33.9 Å². The van der Waals surface area contributed by atoms with E-state index in [1.165, 1.54) is 23.1 Å². The molecule has 0 atom stereocenters. The Morgan fingerprint density at radius 1 is 1.47 bits per heavy atom. The van der Waals surface area contributed by atoms with Crippen LogP contribution in [0.4, 0.5) is 5.69 Å². The second kappa shape index (κ2) is 5.57. The van der Waals surface area contributed by atoms with Crippen LogP contribution in [0.25, 0.3) is 0 Å². The minimum Gasteiger partial charge on any atom is -0.383 e. The van der Waals surface area contributed by atoms with Gasteiger partial charge in [-0.3, -0.25) is 4.79 Å². The lowest BCUT2D eigenvalue weighted by molar-refractivity contribution is 0.579. The highest BCUT2D eigenvalue weighted by molar-refractivity contribution is 7.07. The molecule has 0 aromatic carbocycles. The fourth-order valence-electron chi connectivity index (χ4n) is 1.95. The van der Waals surface area contributed by atoms with Gasteiger partial charge in [0.2, 0.25) is 0 Å². The summed E-state index contributed by atoms with van der Waals surface area (Å²) in [7, 11) is 0. The van der Waals surface area contributed by atoms with Crippen LogP contribution >= 0.6 is 11.3 Å². The Labute approximate surface area is 116 Å². The van der Waals surface area contributed by atoms with Crippen LogP contribution in [0.1, 0.15) is 18.4 Å². The summed E-state index contributed by atoms with van der Waals surface area (Å²) in [6.07, 6.45) is 5.21. The minimum absolute atomic E-state index is 0.0315. The lowest BCUT2D eigenvalue weighted by Gasteiger charge is -2.07. The minimum atomic E-state index is -0.0315. The molecule has 0 amide bonds. The van der Waals surface area contributed by atoms with Crippen molar-refractivity contribution in [1.82, 2.24) is 9.78 Å². The maximum atomic E-state index is 11.9. The maximum Gasteiger partial charge on any atom is 0.268 e. The molecule has 2 aromatic rings. The second-order valence-corrected chi connectivity index (χ2v) is 5.79. The van der Waals surface area contributed by atoms with Crippen LogP contribution in [0.5, 0.6) is 0 Å². The predicted octanol–water partition coefficient (Wildman–Crippen LogP) is 2.37. The highest BCUT2D eigenvalue weighted by Crippen LogP contribution is 2.28. The molecule has 0 aliphatic heterocycles. The van der Waals surface area contributed by atoms with Crippen molar-refractivity contribution in [3.05, 3.63) is 45.0 Å². The van der Waals surface area contributed by atoms with Crippen molar-refractivity contribution < 1.29 is 0 Å². The Balaban J connectivity index is 1.60. The molecule has 1 aliphatic carbocycles. The number of hydrogen-bond donors (Lipinski definition) is 1. The van der Waals surface area contributed by atoms with Crippen molar-refractivity contribution in [2.75, 3.05) is 11.9 Å². The van der Waals surface area contributed by atoms with E-state index in [1.54, 1.807) is 23.6 Å². The lowest BCUT2D eigenvalue weighted by atomic mass is 10.2. The molecule has 1 saturated carbocycles. The van der Waals surface area contributed by atoms with Crippen molar-refractivity contribution in [1.29, 1.82) is 0 Å². The normalized spacial score (nSPS) is 14.5. The molecule has 0 saturated heterocycles. The number of nitrogens with one attached hydrogen (secondary N) is 1. The average molecular weight is 275 g/mol. The van der Waals surface area contributed by atoms with E-state index < -0.39 is 0 Å². The smallest absolute Gasteiger partial charge is 0.268 e. The summed E-state index contributed by atoms with van der Waals surface area (Å²) < 4.78 is 1.53. The highest BCUT2D eigenvalue weighted by atomic mass is 32.1. The van der Waals surface area contributed by atoms with Crippen LogP contribution in [0, 0.1) is 5.92 Å². The van der Waals surface area contributed by atoms with E-state index in [0.29, 0.717) is 6.54 Å². The molecule has 5 heteroatoms. The van der Waals surface area contributed by atoms with Gasteiger partial charge in [-0.1, -0.05) is 0 Å². The summed E-state index contributed by atoms with van der Waals surface area (Å²) in [5.41, 5.74) is 2.06. The number of nitrogens with zero attached hydrogens (tertiary/aromatic N) is 2. The SMILES string of the molecule is O=c1cc(NCC2CC2)cnn1CCc1ccsc1. The van der Waals surface area contributed by atoms with Gasteiger partial charge in [-0.05, 0) is 47.6 Å². The average Bonchev–Trinajstić information content (AvgIpc) is 3.10. The zero-order valence-electron chi connectivity index (χ0n) is 10.7. The van der Waals surface area contributed by atoms with Crippen molar-refractivity contribution in [2.24, 2.45) is 5.92 Å². The molecule has 1 fully saturated rings. The molecule has 19 heavy (non-hydrogen) atoms. The Hall–Kier alpha value is -1.62. The summed E-state index contributed by atoms with van der Waals surface area (Å²) in [5.74, 6) is 0.793. The van der Waals surface area contributed by atoms with Crippen molar-refractivity contribution in [3.8, 4) is 0 Å². The van der Waals surface area contributed by atoms with Gasteiger partial charge in [-0.2, -0.15) is 16.4 Å². The molecule has 0 bridgehead atoms. The van der Waals surface area contributed by atoms with Crippen molar-refractivity contribution in [2.45, 2.75) is 25.8 Å². The van der Waals surface area contributed by atoms with Gasteiger partial charge in [0.05, 0.1) is 11.9 Å². The number of thiophene rings is 1. The summed E-state index contributed by atoms with van der Waals surface area (Å²) in [6.45, 7) is 1.60. The highest BCUT2D eigenvalue weighted by Gasteiger charge is 2.20. The van der Waals surface area contributed by atoms with Gasteiger partial charge in [0.25, 0.3) is 5.56 Å². The van der Waals surface area contributed by atoms with Crippen molar-refractivity contribution in [3.63, 3.8) is 0 Å². The molecule has 2 heterocycles. The number of rotatable bonds is 6. The van der Waals surface area contributed by atoms with Crippen LogP contribution < -0.4 is 10.9 Å². The Morgan fingerprint density at radius 3 is 3.05 bits per heavy atom. The van der Waals surface area contributed by atoms with Crippen LogP contribution in [0.3, 0.4) is 0 Å². The molecular formula is C14H17N3OS. The number of anilines is 1. The van der Waals surface area contributed by atoms with Gasteiger partial charge in [0.1, 0.15) is 0 Å². The van der Waals surface area contributed by atoms with Gasteiger partial charge >= 0.3 is 0 Å². The van der Waals surface area contributed by atoms with Gasteiger partial charge < -0.3 is 5.32 Å². The van der Waals surface area contributed by atoms with Crippen molar-refractivity contribution >= 4 is 17.0 Å². The zero-order valence-corrected chi connectivity index (χ0v) is 11.5. The van der Waals surface area contributed by atoms with Gasteiger partial charge in [-0.25, -0.2) is 4.68 Å². The van der Waals surface area contributed by atoms with E-state index in [1.807, 2.05) is 0 Å². The quantitative estimate of drug-likeness (QED) is 0.880.